The van der Waals surface area contributed by atoms with E-state index >= 15 is 0 Å². The molecule has 3 aromatic rings. The predicted molar refractivity (Wildman–Crippen MR) is 101 cm³/mol. The summed E-state index contributed by atoms with van der Waals surface area (Å²) in [5, 5.41) is 21.9. The number of hydrogen-bond donors (Lipinski definition) is 2. The van der Waals surface area contributed by atoms with E-state index in [1.54, 1.807) is 31.6 Å². The van der Waals surface area contributed by atoms with E-state index in [9.17, 15) is 5.11 Å². The molecule has 1 fully saturated rings. The maximum Gasteiger partial charge on any atom is 0.172 e. The molecule has 0 bridgehead atoms. The van der Waals surface area contributed by atoms with Crippen LogP contribution in [0.1, 0.15) is 5.56 Å². The van der Waals surface area contributed by atoms with Crippen molar-refractivity contribution in [3.05, 3.63) is 54.4 Å². The van der Waals surface area contributed by atoms with Crippen LogP contribution >= 0.6 is 0 Å². The van der Waals surface area contributed by atoms with Crippen LogP contribution in [-0.2, 0) is 11.2 Å². The molecule has 1 aromatic heterocycles. The molecule has 4 rings (SSSR count). The molecule has 1 unspecified atom stereocenters. The van der Waals surface area contributed by atoms with Crippen LogP contribution in [0.5, 0.6) is 11.5 Å². The van der Waals surface area contributed by atoms with E-state index in [4.69, 9.17) is 9.47 Å². The lowest BCUT2D eigenvalue weighted by molar-refractivity contribution is 0.0292. The van der Waals surface area contributed by atoms with Crippen molar-refractivity contribution in [1.29, 1.82) is 0 Å². The monoisotopic (exact) mass is 366 g/mol. The Morgan fingerprint density at radius 3 is 2.81 bits per heavy atom. The Hall–Kier alpha value is -2.90. The molecule has 0 spiro atoms. The third-order valence-corrected chi connectivity index (χ3v) is 4.68. The molecule has 7 nitrogen and oxygen atoms in total. The van der Waals surface area contributed by atoms with Crippen molar-refractivity contribution in [3.63, 3.8) is 0 Å². The molecular weight excluding hydrogens is 344 g/mol. The Labute approximate surface area is 157 Å². The van der Waals surface area contributed by atoms with Crippen molar-refractivity contribution in [1.82, 2.24) is 20.1 Å². The van der Waals surface area contributed by atoms with E-state index < -0.39 is 0 Å². The fraction of sp³-hybridized carbons (Fsp3) is 0.300. The van der Waals surface area contributed by atoms with Gasteiger partial charge in [-0.05, 0) is 36.2 Å². The molecular formula is C20H22N4O3. The number of rotatable bonds is 5. The zero-order valence-electron chi connectivity index (χ0n) is 15.1. The molecule has 7 heteroatoms. The summed E-state index contributed by atoms with van der Waals surface area (Å²) in [7, 11) is 1.56. The number of nitrogens with one attached hydrogen (secondary N) is 1. The number of aromatic hydroxyl groups is 1. The summed E-state index contributed by atoms with van der Waals surface area (Å²) >= 11 is 0. The number of benzene rings is 2. The summed E-state index contributed by atoms with van der Waals surface area (Å²) in [5.41, 5.74) is 2.74. The van der Waals surface area contributed by atoms with Crippen molar-refractivity contribution in [3.8, 4) is 28.6 Å². The summed E-state index contributed by atoms with van der Waals surface area (Å²) in [6, 6.07) is 13.4. The van der Waals surface area contributed by atoms with Gasteiger partial charge >= 0.3 is 0 Å². The lowest BCUT2D eigenvalue weighted by Gasteiger charge is -2.23. The zero-order valence-corrected chi connectivity index (χ0v) is 15.1. The minimum Gasteiger partial charge on any atom is -0.507 e. The van der Waals surface area contributed by atoms with Gasteiger partial charge in [0.25, 0.3) is 0 Å². The Morgan fingerprint density at radius 2 is 2.11 bits per heavy atom. The molecule has 2 aromatic carbocycles. The van der Waals surface area contributed by atoms with Crippen molar-refractivity contribution in [2.75, 3.05) is 26.8 Å². The van der Waals surface area contributed by atoms with Gasteiger partial charge in [0.05, 0.1) is 25.4 Å². The minimum absolute atomic E-state index is 0.0992. The molecule has 1 saturated heterocycles. The van der Waals surface area contributed by atoms with Crippen LogP contribution in [-0.4, -0.2) is 52.8 Å². The first-order chi connectivity index (χ1) is 13.2. The Balaban J connectivity index is 1.57. The number of morpholine rings is 1. The Bertz CT molecular complexity index is 902. The van der Waals surface area contributed by atoms with Gasteiger partial charge in [0.1, 0.15) is 17.8 Å². The summed E-state index contributed by atoms with van der Waals surface area (Å²) in [6.45, 7) is 2.57. The number of phenols is 1. The number of hydrogen-bond acceptors (Lipinski definition) is 6. The maximum atomic E-state index is 10.3. The van der Waals surface area contributed by atoms with Crippen LogP contribution in [0.3, 0.4) is 0 Å². The standard InChI is InChI=1S/C20H22N4O3/c1-26-16-6-7-18(19(25)11-16)20-23-22-13-24(20)15-4-2-14(3-5-15)10-17-12-21-8-9-27-17/h2-7,11,13,17,21,25H,8-10,12H2,1H3. The van der Waals surface area contributed by atoms with Gasteiger partial charge in [-0.1, -0.05) is 12.1 Å². The molecule has 27 heavy (non-hydrogen) atoms. The maximum absolute atomic E-state index is 10.3. The van der Waals surface area contributed by atoms with Gasteiger partial charge in [-0.25, -0.2) is 0 Å². The highest BCUT2D eigenvalue weighted by Gasteiger charge is 2.16. The van der Waals surface area contributed by atoms with E-state index in [1.807, 2.05) is 16.7 Å². The second kappa shape index (κ2) is 7.77. The molecule has 0 saturated carbocycles. The van der Waals surface area contributed by atoms with Crippen molar-refractivity contribution < 1.29 is 14.6 Å². The third-order valence-electron chi connectivity index (χ3n) is 4.68. The second-order valence-electron chi connectivity index (χ2n) is 6.48. The summed E-state index contributed by atoms with van der Waals surface area (Å²) in [4.78, 5) is 0. The fourth-order valence-corrected chi connectivity index (χ4v) is 3.24. The molecule has 1 aliphatic heterocycles. The lowest BCUT2D eigenvalue weighted by Crippen LogP contribution is -2.39. The Kier molecular flexibility index (Phi) is 5.04. The molecule has 140 valence electrons. The number of nitrogens with zero attached hydrogens (tertiary/aromatic N) is 3. The highest BCUT2D eigenvalue weighted by atomic mass is 16.5. The molecule has 0 amide bonds. The Morgan fingerprint density at radius 1 is 1.26 bits per heavy atom. The average Bonchev–Trinajstić information content (AvgIpc) is 3.19. The number of aromatic nitrogens is 3. The highest BCUT2D eigenvalue weighted by Crippen LogP contribution is 2.32. The van der Waals surface area contributed by atoms with Crippen LogP contribution in [0.2, 0.25) is 0 Å². The number of methoxy groups -OCH3 is 1. The van der Waals surface area contributed by atoms with E-state index in [1.165, 1.54) is 5.56 Å². The SMILES string of the molecule is COc1ccc(-c2nncn2-c2ccc(CC3CNCCO3)cc2)c(O)c1. The van der Waals surface area contributed by atoms with Crippen molar-refractivity contribution >= 4 is 0 Å². The van der Waals surface area contributed by atoms with Crippen LogP contribution in [0, 0.1) is 0 Å². The second-order valence-corrected chi connectivity index (χ2v) is 6.48. The zero-order chi connectivity index (χ0) is 18.6. The molecule has 1 atom stereocenters. The quantitative estimate of drug-likeness (QED) is 0.720. The minimum atomic E-state index is 0.0992. The van der Waals surface area contributed by atoms with Gasteiger partial charge in [-0.15, -0.1) is 10.2 Å². The van der Waals surface area contributed by atoms with E-state index in [2.05, 4.69) is 27.6 Å². The summed E-state index contributed by atoms with van der Waals surface area (Å²) in [6.07, 6.45) is 2.73. The lowest BCUT2D eigenvalue weighted by atomic mass is 10.1. The van der Waals surface area contributed by atoms with Crippen molar-refractivity contribution in [2.45, 2.75) is 12.5 Å². The molecule has 2 N–H and O–H groups in total. The largest absolute Gasteiger partial charge is 0.507 e. The topological polar surface area (TPSA) is 81.4 Å². The first-order valence-corrected chi connectivity index (χ1v) is 8.93. The number of phenolic OH excluding ortho intramolecular Hbond substituents is 1. The molecule has 2 heterocycles. The predicted octanol–water partition coefficient (Wildman–Crippen LogP) is 2.18. The summed E-state index contributed by atoms with van der Waals surface area (Å²) < 4.78 is 12.8. The molecule has 0 aliphatic carbocycles. The van der Waals surface area contributed by atoms with Gasteiger partial charge in [0.2, 0.25) is 0 Å². The smallest absolute Gasteiger partial charge is 0.172 e. The van der Waals surface area contributed by atoms with Crippen LogP contribution in [0.25, 0.3) is 17.1 Å². The average molecular weight is 366 g/mol. The summed E-state index contributed by atoms with van der Waals surface area (Å²) in [5.74, 6) is 1.26. The normalized spacial score (nSPS) is 17.0. The van der Waals surface area contributed by atoms with E-state index in [0.29, 0.717) is 17.1 Å². The van der Waals surface area contributed by atoms with Crippen LogP contribution in [0.15, 0.2) is 48.8 Å². The fourth-order valence-electron chi connectivity index (χ4n) is 3.24. The highest BCUT2D eigenvalue weighted by molar-refractivity contribution is 5.67. The third kappa shape index (κ3) is 3.79. The number of ether oxygens (including phenoxy) is 2. The first-order valence-electron chi connectivity index (χ1n) is 8.93. The van der Waals surface area contributed by atoms with Gasteiger partial charge in [0.15, 0.2) is 5.82 Å². The van der Waals surface area contributed by atoms with Gasteiger partial charge < -0.3 is 19.9 Å². The molecule has 0 radical (unpaired) electrons. The van der Waals surface area contributed by atoms with Gasteiger partial charge in [-0.3, -0.25) is 4.57 Å². The van der Waals surface area contributed by atoms with Crippen molar-refractivity contribution in [2.24, 2.45) is 0 Å². The molecule has 1 aliphatic rings. The van der Waals surface area contributed by atoms with Crippen LogP contribution in [0.4, 0.5) is 0 Å². The van der Waals surface area contributed by atoms with Gasteiger partial charge in [0, 0.05) is 24.8 Å². The van der Waals surface area contributed by atoms with E-state index in [-0.39, 0.29) is 11.9 Å². The van der Waals surface area contributed by atoms with E-state index in [0.717, 1.165) is 31.8 Å². The van der Waals surface area contributed by atoms with Gasteiger partial charge in [-0.2, -0.15) is 0 Å². The van der Waals surface area contributed by atoms with Crippen LogP contribution < -0.4 is 10.1 Å². The first kappa shape index (κ1) is 17.5.